The lowest BCUT2D eigenvalue weighted by atomic mass is 9.79. The maximum atomic E-state index is 6.42. The van der Waals surface area contributed by atoms with Crippen LogP contribution in [0.5, 0.6) is 0 Å². The van der Waals surface area contributed by atoms with E-state index < -0.39 is 0 Å². The summed E-state index contributed by atoms with van der Waals surface area (Å²) in [7, 11) is 0. The minimum Gasteiger partial charge on any atom is -0.323 e. The molecular weight excluding hydrogens is 286 g/mol. The van der Waals surface area contributed by atoms with Crippen molar-refractivity contribution in [3.63, 3.8) is 0 Å². The topological polar surface area (TPSA) is 26.0 Å². The molecule has 1 aliphatic carbocycles. The minimum atomic E-state index is 0.0531. The van der Waals surface area contributed by atoms with Crippen LogP contribution in [0.25, 0.3) is 0 Å². The van der Waals surface area contributed by atoms with E-state index in [9.17, 15) is 0 Å². The van der Waals surface area contributed by atoms with E-state index in [2.05, 4.69) is 29.6 Å². The third kappa shape index (κ3) is 2.65. The SMILES string of the molecule is Cc1csc(C(N)CC2CCCc3ccccc32)c1Cl. The molecule has 3 heteroatoms. The third-order valence-corrected chi connectivity index (χ3v) is 6.14. The molecule has 20 heavy (non-hydrogen) atoms. The Bertz CT molecular complexity index is 605. The molecule has 0 spiro atoms. The maximum Gasteiger partial charge on any atom is 0.0590 e. The lowest BCUT2D eigenvalue weighted by Gasteiger charge is -2.27. The van der Waals surface area contributed by atoms with Crippen LogP contribution in [0.15, 0.2) is 29.6 Å². The molecule has 1 aliphatic rings. The van der Waals surface area contributed by atoms with Crippen molar-refractivity contribution < 1.29 is 0 Å². The lowest BCUT2D eigenvalue weighted by Crippen LogP contribution is -2.17. The first-order valence-corrected chi connectivity index (χ1v) is 8.49. The smallest absolute Gasteiger partial charge is 0.0590 e. The summed E-state index contributed by atoms with van der Waals surface area (Å²) >= 11 is 8.05. The van der Waals surface area contributed by atoms with Crippen molar-refractivity contribution in [1.29, 1.82) is 0 Å². The van der Waals surface area contributed by atoms with Gasteiger partial charge in [-0.2, -0.15) is 0 Å². The lowest BCUT2D eigenvalue weighted by molar-refractivity contribution is 0.479. The van der Waals surface area contributed by atoms with Crippen LogP contribution < -0.4 is 5.73 Å². The maximum absolute atomic E-state index is 6.42. The molecule has 3 rings (SSSR count). The van der Waals surface area contributed by atoms with Gasteiger partial charge >= 0.3 is 0 Å². The Balaban J connectivity index is 1.80. The number of aryl methyl sites for hydroxylation is 2. The van der Waals surface area contributed by atoms with Crippen LogP contribution in [0.1, 0.15) is 52.8 Å². The highest BCUT2D eigenvalue weighted by Crippen LogP contribution is 2.40. The molecule has 0 bridgehead atoms. The number of hydrogen-bond acceptors (Lipinski definition) is 2. The Morgan fingerprint density at radius 3 is 2.95 bits per heavy atom. The predicted octanol–water partition coefficient (Wildman–Crippen LogP) is 5.22. The summed E-state index contributed by atoms with van der Waals surface area (Å²) in [4.78, 5) is 1.15. The molecule has 0 radical (unpaired) electrons. The molecule has 0 amide bonds. The van der Waals surface area contributed by atoms with Gasteiger partial charge in [-0.1, -0.05) is 35.9 Å². The van der Waals surface area contributed by atoms with E-state index in [4.69, 9.17) is 17.3 Å². The molecule has 1 heterocycles. The van der Waals surface area contributed by atoms with Crippen molar-refractivity contribution in [1.82, 2.24) is 0 Å². The molecule has 0 aliphatic heterocycles. The number of nitrogens with two attached hydrogens (primary N) is 1. The van der Waals surface area contributed by atoms with Gasteiger partial charge in [0, 0.05) is 10.9 Å². The van der Waals surface area contributed by atoms with Gasteiger partial charge < -0.3 is 5.73 Å². The van der Waals surface area contributed by atoms with E-state index in [0.29, 0.717) is 5.92 Å². The van der Waals surface area contributed by atoms with E-state index >= 15 is 0 Å². The van der Waals surface area contributed by atoms with Gasteiger partial charge in [-0.25, -0.2) is 0 Å². The van der Waals surface area contributed by atoms with Gasteiger partial charge in [-0.15, -0.1) is 11.3 Å². The van der Waals surface area contributed by atoms with Gasteiger partial charge in [0.1, 0.15) is 0 Å². The first-order valence-electron chi connectivity index (χ1n) is 7.23. The van der Waals surface area contributed by atoms with Crippen LogP contribution in [-0.4, -0.2) is 0 Å². The Kier molecular flexibility index (Phi) is 4.16. The number of rotatable bonds is 3. The summed E-state index contributed by atoms with van der Waals surface area (Å²) in [5, 5.41) is 2.97. The molecule has 0 saturated heterocycles. The highest BCUT2D eigenvalue weighted by Gasteiger charge is 2.24. The summed E-state index contributed by atoms with van der Waals surface area (Å²) in [6.45, 7) is 2.05. The van der Waals surface area contributed by atoms with Gasteiger partial charge in [0.15, 0.2) is 0 Å². The Hall–Kier alpha value is -0.830. The van der Waals surface area contributed by atoms with Gasteiger partial charge in [-0.3, -0.25) is 0 Å². The quantitative estimate of drug-likeness (QED) is 0.826. The van der Waals surface area contributed by atoms with Gasteiger partial charge in [0.25, 0.3) is 0 Å². The van der Waals surface area contributed by atoms with Crippen LogP contribution in [0.2, 0.25) is 5.02 Å². The fourth-order valence-corrected chi connectivity index (χ4v) is 4.56. The summed E-state index contributed by atoms with van der Waals surface area (Å²) < 4.78 is 0. The van der Waals surface area contributed by atoms with E-state index in [1.165, 1.54) is 30.4 Å². The molecule has 1 nitrogen and oxygen atoms in total. The van der Waals surface area contributed by atoms with Crippen LogP contribution >= 0.6 is 22.9 Å². The molecule has 2 atom stereocenters. The van der Waals surface area contributed by atoms with Gasteiger partial charge in [0.05, 0.1) is 5.02 Å². The molecule has 106 valence electrons. The van der Waals surface area contributed by atoms with E-state index in [1.807, 2.05) is 6.92 Å². The second kappa shape index (κ2) is 5.88. The second-order valence-electron chi connectivity index (χ2n) is 5.73. The third-order valence-electron chi connectivity index (χ3n) is 4.29. The largest absolute Gasteiger partial charge is 0.323 e. The summed E-state index contributed by atoms with van der Waals surface area (Å²) in [6, 6.07) is 8.87. The molecule has 2 N–H and O–H groups in total. The molecule has 0 fully saturated rings. The molecule has 1 aromatic heterocycles. The van der Waals surface area contributed by atoms with Crippen molar-refractivity contribution >= 4 is 22.9 Å². The molecule has 2 aromatic rings. The second-order valence-corrected chi connectivity index (χ2v) is 7.02. The van der Waals surface area contributed by atoms with Crippen molar-refractivity contribution in [3.05, 3.63) is 56.2 Å². The average molecular weight is 306 g/mol. The van der Waals surface area contributed by atoms with Gasteiger partial charge in [-0.05, 0) is 60.6 Å². The summed E-state index contributed by atoms with van der Waals surface area (Å²) in [5.74, 6) is 0.577. The highest BCUT2D eigenvalue weighted by atomic mass is 35.5. The van der Waals surface area contributed by atoms with Crippen LogP contribution in [0.3, 0.4) is 0 Å². The fraction of sp³-hybridized carbons (Fsp3) is 0.412. The van der Waals surface area contributed by atoms with Crippen LogP contribution in [0.4, 0.5) is 0 Å². The summed E-state index contributed by atoms with van der Waals surface area (Å²) in [6.07, 6.45) is 4.72. The molecule has 1 aromatic carbocycles. The monoisotopic (exact) mass is 305 g/mol. The number of thiophene rings is 1. The van der Waals surface area contributed by atoms with Crippen molar-refractivity contribution in [2.24, 2.45) is 5.73 Å². The molecule has 0 saturated carbocycles. The number of benzene rings is 1. The first kappa shape index (κ1) is 14.1. The van der Waals surface area contributed by atoms with Crippen molar-refractivity contribution in [2.45, 2.75) is 44.6 Å². The standard InChI is InChI=1S/C17H20ClNS/c1-11-10-20-17(16(11)18)15(19)9-13-7-4-6-12-5-2-3-8-14(12)13/h2-3,5,8,10,13,15H,4,6-7,9,19H2,1H3. The Morgan fingerprint density at radius 2 is 2.20 bits per heavy atom. The minimum absolute atomic E-state index is 0.0531. The summed E-state index contributed by atoms with van der Waals surface area (Å²) in [5.41, 5.74) is 10.6. The van der Waals surface area contributed by atoms with E-state index in [0.717, 1.165) is 21.9 Å². The van der Waals surface area contributed by atoms with Gasteiger partial charge in [0.2, 0.25) is 0 Å². The molecular formula is C17H20ClNS. The zero-order valence-electron chi connectivity index (χ0n) is 11.7. The zero-order chi connectivity index (χ0) is 14.1. The number of hydrogen-bond donors (Lipinski definition) is 1. The predicted molar refractivity (Wildman–Crippen MR) is 87.7 cm³/mol. The number of fused-ring (bicyclic) bond motifs is 1. The van der Waals surface area contributed by atoms with Crippen LogP contribution in [-0.2, 0) is 6.42 Å². The number of halogens is 1. The van der Waals surface area contributed by atoms with E-state index in [1.54, 1.807) is 11.3 Å². The van der Waals surface area contributed by atoms with Crippen LogP contribution in [0, 0.1) is 6.92 Å². The molecule has 2 unspecified atom stereocenters. The van der Waals surface area contributed by atoms with Crippen molar-refractivity contribution in [3.8, 4) is 0 Å². The van der Waals surface area contributed by atoms with Crippen molar-refractivity contribution in [2.75, 3.05) is 0 Å². The Morgan fingerprint density at radius 1 is 1.40 bits per heavy atom. The average Bonchev–Trinajstić information content (AvgIpc) is 2.79. The first-order chi connectivity index (χ1) is 9.66. The Labute approximate surface area is 129 Å². The van der Waals surface area contributed by atoms with E-state index in [-0.39, 0.29) is 6.04 Å². The highest BCUT2D eigenvalue weighted by molar-refractivity contribution is 7.10. The zero-order valence-corrected chi connectivity index (χ0v) is 13.3. The normalized spacial score (nSPS) is 19.6. The fourth-order valence-electron chi connectivity index (χ4n) is 3.21.